The largest absolute Gasteiger partial charge is 0.444 e. The molecule has 0 unspecified atom stereocenters. The highest BCUT2D eigenvalue weighted by Crippen LogP contribution is 2.16. The van der Waals surface area contributed by atoms with Crippen LogP contribution in [0.4, 0.5) is 15.4 Å². The van der Waals surface area contributed by atoms with Gasteiger partial charge in [-0.05, 0) is 78.6 Å². The van der Waals surface area contributed by atoms with Crippen molar-refractivity contribution < 1.29 is 19.1 Å². The van der Waals surface area contributed by atoms with Crippen LogP contribution in [0.25, 0.3) is 0 Å². The third-order valence-corrected chi connectivity index (χ3v) is 6.02. The van der Waals surface area contributed by atoms with E-state index in [1.165, 1.54) is 0 Å². The van der Waals surface area contributed by atoms with Gasteiger partial charge in [0.1, 0.15) is 22.2 Å². The molecule has 2 amide bonds. The Morgan fingerprint density at radius 2 is 1.20 bits per heavy atom. The molecular formula is C30H47ClN6O4. The van der Waals surface area contributed by atoms with Gasteiger partial charge in [-0.1, -0.05) is 23.7 Å². The van der Waals surface area contributed by atoms with Crippen LogP contribution in [0.1, 0.15) is 52.7 Å². The van der Waals surface area contributed by atoms with Crippen LogP contribution in [0.2, 0.25) is 5.15 Å². The summed E-state index contributed by atoms with van der Waals surface area (Å²) >= 11 is 5.50. The Morgan fingerprint density at radius 3 is 1.59 bits per heavy atom. The lowest BCUT2D eigenvalue weighted by Gasteiger charge is -2.36. The van der Waals surface area contributed by atoms with E-state index in [2.05, 4.69) is 26.3 Å². The number of hydrogen-bond donors (Lipinski definition) is 1. The Morgan fingerprint density at radius 1 is 0.732 bits per heavy atom. The zero-order chi connectivity index (χ0) is 30.6. The topological polar surface area (TPSA) is 100 Å². The highest BCUT2D eigenvalue weighted by atomic mass is 35.5. The molecule has 0 bridgehead atoms. The minimum atomic E-state index is -0.438. The van der Waals surface area contributed by atoms with Crippen molar-refractivity contribution in [3.8, 4) is 0 Å². The standard InChI is InChI=1S/C15H23N3O2.C9H18N2O2.C6H6ClN/c1-12-5-6-13(16-11-12)17-7-9-18(10-8-17)14(19)20-15(2,3)4;1-9(2,3)13-8(12)11-6-4-10-5-7-11;1-5-2-3-6(7)8-4-5/h5-6,11H,7-10H2,1-4H3;10H,4-7H2,1-3H3;2-4H,1H3. The number of ether oxygens (including phenoxy) is 2. The number of hydrogen-bond acceptors (Lipinski definition) is 8. The van der Waals surface area contributed by atoms with Crippen LogP contribution in [-0.4, -0.2) is 95.5 Å². The summed E-state index contributed by atoms with van der Waals surface area (Å²) in [6.07, 6.45) is 3.18. The zero-order valence-corrected chi connectivity index (χ0v) is 26.6. The van der Waals surface area contributed by atoms with Crippen molar-refractivity contribution in [2.75, 3.05) is 57.3 Å². The van der Waals surface area contributed by atoms with E-state index in [-0.39, 0.29) is 17.8 Å². The Hall–Kier alpha value is -3.11. The minimum absolute atomic E-state index is 0.200. The number of nitrogens with zero attached hydrogens (tertiary/aromatic N) is 5. The van der Waals surface area contributed by atoms with Crippen molar-refractivity contribution in [1.82, 2.24) is 25.1 Å². The fraction of sp³-hybridized carbons (Fsp3) is 0.600. The molecule has 0 spiro atoms. The van der Waals surface area contributed by atoms with Gasteiger partial charge in [0.05, 0.1) is 0 Å². The highest BCUT2D eigenvalue weighted by molar-refractivity contribution is 6.29. The fourth-order valence-corrected chi connectivity index (χ4v) is 3.83. The molecule has 2 aliphatic heterocycles. The Bertz CT molecular complexity index is 1050. The summed E-state index contributed by atoms with van der Waals surface area (Å²) in [6, 6.07) is 7.78. The number of halogens is 1. The maximum absolute atomic E-state index is 12.0. The summed E-state index contributed by atoms with van der Waals surface area (Å²) in [6.45, 7) is 21.4. The van der Waals surface area contributed by atoms with Crippen LogP contribution in [0.5, 0.6) is 0 Å². The monoisotopic (exact) mass is 590 g/mol. The quantitative estimate of drug-likeness (QED) is 0.446. The van der Waals surface area contributed by atoms with Gasteiger partial charge in [-0.3, -0.25) is 0 Å². The molecular weight excluding hydrogens is 544 g/mol. The normalized spacial score (nSPS) is 15.6. The first kappa shape index (κ1) is 34.1. The summed E-state index contributed by atoms with van der Waals surface area (Å²) in [5.74, 6) is 0.972. The molecule has 228 valence electrons. The molecule has 2 aromatic rings. The van der Waals surface area contributed by atoms with Gasteiger partial charge < -0.3 is 29.5 Å². The molecule has 1 N–H and O–H groups in total. The third kappa shape index (κ3) is 13.9. The number of piperazine rings is 2. The SMILES string of the molecule is CC(C)(C)OC(=O)N1CCNCC1.Cc1ccc(Cl)nc1.Cc1ccc(N2CCN(C(=O)OC(C)(C)C)CC2)nc1. The number of amides is 2. The van der Waals surface area contributed by atoms with Crippen LogP contribution in [0.3, 0.4) is 0 Å². The molecule has 0 aromatic carbocycles. The van der Waals surface area contributed by atoms with E-state index < -0.39 is 5.60 Å². The average Bonchev–Trinajstić information content (AvgIpc) is 2.90. The molecule has 10 nitrogen and oxygen atoms in total. The first-order valence-electron chi connectivity index (χ1n) is 14.1. The summed E-state index contributed by atoms with van der Waals surface area (Å²) in [7, 11) is 0. The number of carbonyl (C=O) groups is 2. The molecule has 0 aliphatic carbocycles. The van der Waals surface area contributed by atoms with Crippen LogP contribution in [-0.2, 0) is 9.47 Å². The molecule has 4 rings (SSSR count). The highest BCUT2D eigenvalue weighted by Gasteiger charge is 2.26. The maximum Gasteiger partial charge on any atom is 0.410 e. The van der Waals surface area contributed by atoms with Gasteiger partial charge in [-0.25, -0.2) is 19.6 Å². The molecule has 0 radical (unpaired) electrons. The van der Waals surface area contributed by atoms with E-state index in [9.17, 15) is 9.59 Å². The van der Waals surface area contributed by atoms with E-state index in [0.717, 1.165) is 56.2 Å². The molecule has 2 fully saturated rings. The summed E-state index contributed by atoms with van der Waals surface area (Å²) in [5.41, 5.74) is 1.46. The predicted molar refractivity (Wildman–Crippen MR) is 164 cm³/mol. The fourth-order valence-electron chi connectivity index (χ4n) is 3.72. The van der Waals surface area contributed by atoms with E-state index in [0.29, 0.717) is 18.2 Å². The number of nitrogens with one attached hydrogen (secondary N) is 1. The lowest BCUT2D eigenvalue weighted by molar-refractivity contribution is 0.0223. The summed E-state index contributed by atoms with van der Waals surface area (Å²) < 4.78 is 10.6. The number of aromatic nitrogens is 2. The van der Waals surface area contributed by atoms with Crippen molar-refractivity contribution in [3.63, 3.8) is 0 Å². The lowest BCUT2D eigenvalue weighted by atomic mass is 10.2. The Balaban J connectivity index is 0.000000239. The van der Waals surface area contributed by atoms with E-state index in [1.54, 1.807) is 22.1 Å². The molecule has 2 saturated heterocycles. The average molecular weight is 591 g/mol. The van der Waals surface area contributed by atoms with E-state index in [4.69, 9.17) is 21.1 Å². The number of aryl methyl sites for hydroxylation is 2. The van der Waals surface area contributed by atoms with Crippen LogP contribution in [0, 0.1) is 13.8 Å². The number of anilines is 1. The first-order valence-corrected chi connectivity index (χ1v) is 14.4. The number of pyridine rings is 2. The zero-order valence-electron chi connectivity index (χ0n) is 25.9. The second kappa shape index (κ2) is 15.8. The van der Waals surface area contributed by atoms with Crippen molar-refractivity contribution in [1.29, 1.82) is 0 Å². The van der Waals surface area contributed by atoms with E-state index >= 15 is 0 Å². The summed E-state index contributed by atoms with van der Waals surface area (Å²) in [5, 5.41) is 3.73. The van der Waals surface area contributed by atoms with Gasteiger partial charge in [0, 0.05) is 64.8 Å². The lowest BCUT2D eigenvalue weighted by Crippen LogP contribution is -2.50. The molecule has 2 aromatic heterocycles. The molecule has 0 saturated carbocycles. The maximum atomic E-state index is 12.0. The molecule has 0 atom stereocenters. The second-order valence-corrected chi connectivity index (χ2v) is 12.4. The molecule has 41 heavy (non-hydrogen) atoms. The third-order valence-electron chi connectivity index (χ3n) is 5.80. The van der Waals surface area contributed by atoms with Crippen molar-refractivity contribution in [2.24, 2.45) is 0 Å². The van der Waals surface area contributed by atoms with Crippen LogP contribution < -0.4 is 10.2 Å². The minimum Gasteiger partial charge on any atom is -0.444 e. The number of rotatable bonds is 1. The van der Waals surface area contributed by atoms with Crippen molar-refractivity contribution in [2.45, 2.75) is 66.6 Å². The smallest absolute Gasteiger partial charge is 0.410 e. The summed E-state index contributed by atoms with van der Waals surface area (Å²) in [4.78, 5) is 37.4. The van der Waals surface area contributed by atoms with Crippen LogP contribution >= 0.6 is 11.6 Å². The van der Waals surface area contributed by atoms with Crippen LogP contribution in [0.15, 0.2) is 36.7 Å². The van der Waals surface area contributed by atoms with Crippen molar-refractivity contribution in [3.05, 3.63) is 52.9 Å². The van der Waals surface area contributed by atoms with Gasteiger partial charge in [0.15, 0.2) is 0 Å². The van der Waals surface area contributed by atoms with E-state index in [1.807, 2.05) is 73.7 Å². The molecule has 11 heteroatoms. The van der Waals surface area contributed by atoms with Gasteiger partial charge in [-0.2, -0.15) is 0 Å². The Kier molecular flexibility index (Phi) is 13.1. The molecule has 2 aliphatic rings. The van der Waals surface area contributed by atoms with Gasteiger partial charge in [0.25, 0.3) is 0 Å². The second-order valence-electron chi connectivity index (χ2n) is 12.0. The Labute approximate surface area is 250 Å². The van der Waals surface area contributed by atoms with Gasteiger partial charge in [-0.15, -0.1) is 0 Å². The number of carbonyl (C=O) groups excluding carboxylic acids is 2. The van der Waals surface area contributed by atoms with Crippen molar-refractivity contribution >= 4 is 29.6 Å². The van der Waals surface area contributed by atoms with Gasteiger partial charge >= 0.3 is 12.2 Å². The predicted octanol–water partition coefficient (Wildman–Crippen LogP) is 5.32. The molecule has 4 heterocycles. The van der Waals surface area contributed by atoms with Gasteiger partial charge in [0.2, 0.25) is 0 Å². The first-order chi connectivity index (χ1) is 19.1.